The average Bonchev–Trinajstić information content (AvgIpc) is 3.00. The van der Waals surface area contributed by atoms with Crippen LogP contribution in [0, 0.1) is 5.92 Å². The normalized spacial score (nSPS) is 24.6. The van der Waals surface area contributed by atoms with Gasteiger partial charge in [0.25, 0.3) is 0 Å². The molecule has 0 bridgehead atoms. The Hall–Kier alpha value is -1.89. The number of thioether (sulfide) groups is 1. The van der Waals surface area contributed by atoms with E-state index in [-0.39, 0.29) is 17.9 Å². The minimum Gasteiger partial charge on any atom is -0.486 e. The number of nitrogens with zero attached hydrogens (tertiary/aromatic N) is 1. The summed E-state index contributed by atoms with van der Waals surface area (Å²) < 4.78 is 11.1. The Morgan fingerprint density at radius 1 is 1.28 bits per heavy atom. The zero-order valence-electron chi connectivity index (χ0n) is 14.0. The molecule has 0 unspecified atom stereocenters. The van der Waals surface area contributed by atoms with Gasteiger partial charge in [-0.3, -0.25) is 9.59 Å². The molecule has 0 aliphatic carbocycles. The van der Waals surface area contributed by atoms with Gasteiger partial charge in [-0.15, -0.1) is 11.8 Å². The molecular formula is C18H22N2O4S. The molecule has 2 atom stereocenters. The first-order valence-electron chi connectivity index (χ1n) is 8.78. The van der Waals surface area contributed by atoms with Crippen molar-refractivity contribution >= 4 is 23.6 Å². The third-order valence-corrected chi connectivity index (χ3v) is 6.00. The summed E-state index contributed by atoms with van der Waals surface area (Å²) in [6, 6.07) is 6.05. The predicted octanol–water partition coefficient (Wildman–Crippen LogP) is 1.68. The number of hydrogen-bond donors (Lipinski definition) is 1. The van der Waals surface area contributed by atoms with Gasteiger partial charge in [-0.1, -0.05) is 0 Å². The summed E-state index contributed by atoms with van der Waals surface area (Å²) in [4.78, 5) is 26.9. The van der Waals surface area contributed by atoms with E-state index in [2.05, 4.69) is 5.32 Å². The molecule has 0 spiro atoms. The molecule has 0 radical (unpaired) electrons. The third kappa shape index (κ3) is 3.71. The summed E-state index contributed by atoms with van der Waals surface area (Å²) in [6.45, 7) is 2.59. The standard InChI is InChI=1S/C18H22N2O4S/c21-17-9-12-3-5-20(11-14(12)19-17)18(22)4-8-25-13-1-2-15-16(10-13)24-7-6-23-15/h1-2,10,12,14H,3-9,11H2,(H,19,21)/t12-,14-/m1/s1. The van der Waals surface area contributed by atoms with Crippen molar-refractivity contribution in [2.75, 3.05) is 32.1 Å². The lowest BCUT2D eigenvalue weighted by Gasteiger charge is -2.34. The number of benzene rings is 1. The summed E-state index contributed by atoms with van der Waals surface area (Å²) >= 11 is 1.65. The number of likely N-dealkylation sites (tertiary alicyclic amines) is 1. The van der Waals surface area contributed by atoms with Crippen LogP contribution in [-0.2, 0) is 9.59 Å². The van der Waals surface area contributed by atoms with Gasteiger partial charge in [0.2, 0.25) is 11.8 Å². The van der Waals surface area contributed by atoms with Gasteiger partial charge in [-0.2, -0.15) is 0 Å². The van der Waals surface area contributed by atoms with Crippen LogP contribution in [0.15, 0.2) is 23.1 Å². The zero-order valence-corrected chi connectivity index (χ0v) is 14.8. The second-order valence-electron chi connectivity index (χ2n) is 6.67. The first-order chi connectivity index (χ1) is 12.2. The number of piperidine rings is 1. The molecule has 2 fully saturated rings. The van der Waals surface area contributed by atoms with E-state index in [0.717, 1.165) is 35.1 Å². The summed E-state index contributed by atoms with van der Waals surface area (Å²) in [5.41, 5.74) is 0. The predicted molar refractivity (Wildman–Crippen MR) is 94.0 cm³/mol. The maximum atomic E-state index is 12.4. The molecule has 134 valence electrons. The molecule has 4 rings (SSSR count). The summed E-state index contributed by atoms with van der Waals surface area (Å²) in [5, 5.41) is 2.99. The largest absolute Gasteiger partial charge is 0.486 e. The van der Waals surface area contributed by atoms with E-state index < -0.39 is 0 Å². The Balaban J connectivity index is 1.26. The van der Waals surface area contributed by atoms with E-state index >= 15 is 0 Å². The lowest BCUT2D eigenvalue weighted by atomic mass is 9.92. The minimum absolute atomic E-state index is 0.124. The van der Waals surface area contributed by atoms with Gasteiger partial charge in [0.1, 0.15) is 13.2 Å². The van der Waals surface area contributed by atoms with Crippen LogP contribution in [-0.4, -0.2) is 54.8 Å². The number of hydrogen-bond acceptors (Lipinski definition) is 5. The molecule has 1 aromatic carbocycles. The number of carbonyl (C=O) groups excluding carboxylic acids is 2. The number of ether oxygens (including phenoxy) is 2. The van der Waals surface area contributed by atoms with Gasteiger partial charge >= 0.3 is 0 Å². The zero-order chi connectivity index (χ0) is 17.2. The fraction of sp³-hybridized carbons (Fsp3) is 0.556. The van der Waals surface area contributed by atoms with Gasteiger partial charge in [0, 0.05) is 42.6 Å². The van der Waals surface area contributed by atoms with Gasteiger partial charge in [0.05, 0.1) is 0 Å². The third-order valence-electron chi connectivity index (χ3n) is 5.00. The molecule has 25 heavy (non-hydrogen) atoms. The molecule has 2 amide bonds. The Labute approximate surface area is 151 Å². The lowest BCUT2D eigenvalue weighted by Crippen LogP contribution is -2.49. The number of amides is 2. The van der Waals surface area contributed by atoms with Crippen LogP contribution in [0.2, 0.25) is 0 Å². The number of rotatable bonds is 4. The molecule has 3 aliphatic rings. The highest BCUT2D eigenvalue weighted by Crippen LogP contribution is 2.34. The monoisotopic (exact) mass is 362 g/mol. The van der Waals surface area contributed by atoms with Crippen LogP contribution in [0.3, 0.4) is 0 Å². The van der Waals surface area contributed by atoms with Crippen LogP contribution in [0.5, 0.6) is 11.5 Å². The van der Waals surface area contributed by atoms with Crippen molar-refractivity contribution in [1.29, 1.82) is 0 Å². The number of fused-ring (bicyclic) bond motifs is 2. The van der Waals surface area contributed by atoms with Crippen LogP contribution in [0.4, 0.5) is 0 Å². The molecule has 0 saturated carbocycles. The molecule has 0 aromatic heterocycles. The highest BCUT2D eigenvalue weighted by Gasteiger charge is 2.37. The second-order valence-corrected chi connectivity index (χ2v) is 7.84. The smallest absolute Gasteiger partial charge is 0.223 e. The van der Waals surface area contributed by atoms with Crippen molar-refractivity contribution in [1.82, 2.24) is 10.2 Å². The van der Waals surface area contributed by atoms with Gasteiger partial charge in [-0.25, -0.2) is 0 Å². The first kappa shape index (κ1) is 16.6. The van der Waals surface area contributed by atoms with Gasteiger partial charge < -0.3 is 19.7 Å². The fourth-order valence-electron chi connectivity index (χ4n) is 3.67. The molecule has 2 saturated heterocycles. The molecule has 1 aromatic rings. The van der Waals surface area contributed by atoms with E-state index in [1.54, 1.807) is 11.8 Å². The quantitative estimate of drug-likeness (QED) is 0.826. The molecule has 3 heterocycles. The Kier molecular flexibility index (Phi) is 4.74. The van der Waals surface area contributed by atoms with Crippen LogP contribution < -0.4 is 14.8 Å². The number of nitrogens with one attached hydrogen (secondary N) is 1. The highest BCUT2D eigenvalue weighted by atomic mass is 32.2. The molecule has 7 heteroatoms. The Morgan fingerprint density at radius 2 is 2.12 bits per heavy atom. The molecule has 6 nitrogen and oxygen atoms in total. The first-order valence-corrected chi connectivity index (χ1v) is 9.77. The number of carbonyl (C=O) groups is 2. The van der Waals surface area contributed by atoms with Crippen LogP contribution >= 0.6 is 11.8 Å². The van der Waals surface area contributed by atoms with Crippen molar-refractivity contribution < 1.29 is 19.1 Å². The average molecular weight is 362 g/mol. The summed E-state index contributed by atoms with van der Waals surface area (Å²) in [5.74, 6) is 3.00. The molecule has 3 aliphatic heterocycles. The van der Waals surface area contributed by atoms with E-state index in [0.29, 0.717) is 38.5 Å². The van der Waals surface area contributed by atoms with Crippen LogP contribution in [0.25, 0.3) is 0 Å². The van der Waals surface area contributed by atoms with E-state index in [1.807, 2.05) is 23.1 Å². The SMILES string of the molecule is O=C1C[C@H]2CCN(C(=O)CCSc3ccc4c(c3)OCCO4)C[C@H]2N1. The second kappa shape index (κ2) is 7.15. The lowest BCUT2D eigenvalue weighted by molar-refractivity contribution is -0.132. The van der Waals surface area contributed by atoms with Crippen molar-refractivity contribution in [2.45, 2.75) is 30.2 Å². The maximum absolute atomic E-state index is 12.4. The van der Waals surface area contributed by atoms with Crippen LogP contribution in [0.1, 0.15) is 19.3 Å². The van der Waals surface area contributed by atoms with E-state index in [4.69, 9.17) is 9.47 Å². The summed E-state index contributed by atoms with van der Waals surface area (Å²) in [7, 11) is 0. The Morgan fingerprint density at radius 3 is 3.00 bits per heavy atom. The van der Waals surface area contributed by atoms with Crippen molar-refractivity contribution in [3.63, 3.8) is 0 Å². The fourth-order valence-corrected chi connectivity index (χ4v) is 4.53. The van der Waals surface area contributed by atoms with Crippen molar-refractivity contribution in [3.8, 4) is 11.5 Å². The minimum atomic E-state index is 0.124. The molecule has 1 N–H and O–H groups in total. The van der Waals surface area contributed by atoms with Crippen molar-refractivity contribution in [3.05, 3.63) is 18.2 Å². The van der Waals surface area contributed by atoms with Crippen molar-refractivity contribution in [2.24, 2.45) is 5.92 Å². The highest BCUT2D eigenvalue weighted by molar-refractivity contribution is 7.99. The summed E-state index contributed by atoms with van der Waals surface area (Å²) in [6.07, 6.45) is 2.04. The van der Waals surface area contributed by atoms with Gasteiger partial charge in [-0.05, 0) is 30.5 Å². The Bertz CT molecular complexity index is 681. The molecular weight excluding hydrogens is 340 g/mol. The van der Waals surface area contributed by atoms with Gasteiger partial charge in [0.15, 0.2) is 11.5 Å². The topological polar surface area (TPSA) is 67.9 Å². The van der Waals surface area contributed by atoms with E-state index in [1.165, 1.54) is 0 Å². The van der Waals surface area contributed by atoms with E-state index in [9.17, 15) is 9.59 Å². The maximum Gasteiger partial charge on any atom is 0.223 e.